The van der Waals surface area contributed by atoms with Crippen molar-refractivity contribution in [1.29, 1.82) is 0 Å². The average molecular weight is 303 g/mol. The summed E-state index contributed by atoms with van der Waals surface area (Å²) in [4.78, 5) is 0. The zero-order chi connectivity index (χ0) is 12.3. The molecule has 1 aromatic rings. The summed E-state index contributed by atoms with van der Waals surface area (Å²) in [5.41, 5.74) is 0.894. The highest BCUT2D eigenvalue weighted by Gasteiger charge is 2.24. The molecule has 1 aliphatic heterocycles. The lowest BCUT2D eigenvalue weighted by Gasteiger charge is -2.14. The molecule has 0 bridgehead atoms. The van der Waals surface area contributed by atoms with Crippen molar-refractivity contribution >= 4 is 15.9 Å². The molecule has 17 heavy (non-hydrogen) atoms. The monoisotopic (exact) mass is 302 g/mol. The number of benzene rings is 1. The van der Waals surface area contributed by atoms with Crippen molar-refractivity contribution in [1.82, 2.24) is 10.6 Å². The molecule has 2 unspecified atom stereocenters. The van der Waals surface area contributed by atoms with Gasteiger partial charge in [0.2, 0.25) is 0 Å². The van der Waals surface area contributed by atoms with E-state index in [1.807, 2.05) is 0 Å². The molecule has 1 saturated heterocycles. The molecule has 1 heterocycles. The lowest BCUT2D eigenvalue weighted by Crippen LogP contribution is -2.30. The van der Waals surface area contributed by atoms with E-state index in [1.54, 1.807) is 6.07 Å². The second kappa shape index (κ2) is 5.91. The van der Waals surface area contributed by atoms with Gasteiger partial charge >= 0.3 is 0 Å². The third kappa shape index (κ3) is 3.48. The van der Waals surface area contributed by atoms with E-state index < -0.39 is 0 Å². The Kier molecular flexibility index (Phi) is 4.50. The van der Waals surface area contributed by atoms with E-state index in [0.717, 1.165) is 23.1 Å². The van der Waals surface area contributed by atoms with E-state index in [0.29, 0.717) is 13.1 Å². The van der Waals surface area contributed by atoms with E-state index in [-0.39, 0.29) is 17.8 Å². The van der Waals surface area contributed by atoms with Crippen LogP contribution in [0.3, 0.4) is 0 Å². The molecule has 0 aromatic heterocycles. The Morgan fingerprint density at radius 3 is 3.00 bits per heavy atom. The van der Waals surface area contributed by atoms with Crippen LogP contribution in [0.15, 0.2) is 22.7 Å². The molecule has 1 fully saturated rings. The fraction of sp³-hybridized carbons (Fsp3) is 0.500. The molecular weight excluding hydrogens is 287 g/mol. The normalized spacial score (nSPS) is 24.2. The number of aliphatic hydroxyl groups is 1. The van der Waals surface area contributed by atoms with E-state index >= 15 is 0 Å². The molecular formula is C12H16BrFN2O. The quantitative estimate of drug-likeness (QED) is 0.784. The topological polar surface area (TPSA) is 44.3 Å². The van der Waals surface area contributed by atoms with Crippen molar-refractivity contribution in [3.8, 4) is 0 Å². The number of aliphatic hydroxyl groups excluding tert-OH is 1. The Bertz CT molecular complexity index is 389. The minimum absolute atomic E-state index is 0.229. The molecule has 3 N–H and O–H groups in total. The molecule has 0 saturated carbocycles. The van der Waals surface area contributed by atoms with Gasteiger partial charge in [-0.15, -0.1) is 0 Å². The summed E-state index contributed by atoms with van der Waals surface area (Å²) >= 11 is 3.39. The Hall–Kier alpha value is -0.490. The number of nitrogens with one attached hydrogen (secondary N) is 2. The van der Waals surface area contributed by atoms with Crippen LogP contribution in [0.5, 0.6) is 0 Å². The van der Waals surface area contributed by atoms with E-state index in [1.165, 1.54) is 12.1 Å². The summed E-state index contributed by atoms with van der Waals surface area (Å²) in [5.74, 6) is 0.00917. The number of β-amino-alcohol motifs (C(OH)–C–C–N with tert-alkyl or cyclic N) is 1. The molecule has 2 atom stereocenters. The molecule has 0 amide bonds. The highest BCUT2D eigenvalue weighted by molar-refractivity contribution is 9.10. The molecule has 0 spiro atoms. The van der Waals surface area contributed by atoms with Gasteiger partial charge in [-0.1, -0.05) is 15.9 Å². The highest BCUT2D eigenvalue weighted by atomic mass is 79.9. The van der Waals surface area contributed by atoms with E-state index in [2.05, 4.69) is 26.6 Å². The first-order valence-electron chi connectivity index (χ1n) is 5.70. The standard InChI is InChI=1S/C12H16BrFN2O/c13-11-2-1-10(14)3-8(11)4-15-5-9-6-16-7-12(9)17/h1-3,9,12,15-17H,4-7H2. The van der Waals surface area contributed by atoms with Gasteiger partial charge in [-0.3, -0.25) is 0 Å². The highest BCUT2D eigenvalue weighted by Crippen LogP contribution is 2.17. The van der Waals surface area contributed by atoms with Gasteiger partial charge < -0.3 is 15.7 Å². The van der Waals surface area contributed by atoms with Gasteiger partial charge in [0.05, 0.1) is 6.10 Å². The predicted octanol–water partition coefficient (Wildman–Crippen LogP) is 1.26. The number of hydrogen-bond acceptors (Lipinski definition) is 3. The zero-order valence-corrected chi connectivity index (χ0v) is 11.0. The molecule has 5 heteroatoms. The minimum Gasteiger partial charge on any atom is -0.391 e. The van der Waals surface area contributed by atoms with Crippen LogP contribution in [0, 0.1) is 11.7 Å². The Morgan fingerprint density at radius 1 is 1.47 bits per heavy atom. The Morgan fingerprint density at radius 2 is 2.29 bits per heavy atom. The van der Waals surface area contributed by atoms with Crippen molar-refractivity contribution in [2.24, 2.45) is 5.92 Å². The van der Waals surface area contributed by atoms with Crippen molar-refractivity contribution in [2.75, 3.05) is 19.6 Å². The van der Waals surface area contributed by atoms with Crippen molar-refractivity contribution in [3.63, 3.8) is 0 Å². The van der Waals surface area contributed by atoms with E-state index in [4.69, 9.17) is 0 Å². The number of rotatable bonds is 4. The van der Waals surface area contributed by atoms with Crippen LogP contribution >= 0.6 is 15.9 Å². The van der Waals surface area contributed by atoms with Gasteiger partial charge in [-0.05, 0) is 23.8 Å². The first-order chi connectivity index (χ1) is 8.16. The lowest BCUT2D eigenvalue weighted by molar-refractivity contribution is 0.146. The summed E-state index contributed by atoms with van der Waals surface area (Å²) in [6.45, 7) is 2.83. The molecule has 2 rings (SSSR count). The minimum atomic E-state index is -0.279. The Balaban J connectivity index is 1.83. The molecule has 94 valence electrons. The maximum atomic E-state index is 13.0. The summed E-state index contributed by atoms with van der Waals surface area (Å²) in [7, 11) is 0. The molecule has 1 aromatic carbocycles. The summed E-state index contributed by atoms with van der Waals surface area (Å²) < 4.78 is 13.9. The van der Waals surface area contributed by atoms with Crippen LogP contribution in [0.25, 0.3) is 0 Å². The summed E-state index contributed by atoms with van der Waals surface area (Å²) in [6.07, 6.45) is -0.279. The molecule has 3 nitrogen and oxygen atoms in total. The van der Waals surface area contributed by atoms with Crippen LogP contribution in [0.2, 0.25) is 0 Å². The summed E-state index contributed by atoms with van der Waals surface area (Å²) in [5, 5.41) is 16.0. The van der Waals surface area contributed by atoms with Crippen molar-refractivity contribution < 1.29 is 9.50 Å². The predicted molar refractivity (Wildman–Crippen MR) is 68.2 cm³/mol. The van der Waals surface area contributed by atoms with Crippen LogP contribution in [0.1, 0.15) is 5.56 Å². The SMILES string of the molecule is OC1CNCC1CNCc1cc(F)ccc1Br. The molecule has 0 radical (unpaired) electrons. The van der Waals surface area contributed by atoms with Crippen LogP contribution in [0.4, 0.5) is 4.39 Å². The smallest absolute Gasteiger partial charge is 0.123 e. The second-order valence-corrected chi connectivity index (χ2v) is 5.21. The van der Waals surface area contributed by atoms with E-state index in [9.17, 15) is 9.50 Å². The lowest BCUT2D eigenvalue weighted by atomic mass is 10.1. The zero-order valence-electron chi connectivity index (χ0n) is 9.42. The van der Waals surface area contributed by atoms with Gasteiger partial charge in [0, 0.05) is 36.6 Å². The maximum Gasteiger partial charge on any atom is 0.123 e. The third-order valence-electron chi connectivity index (χ3n) is 3.03. The number of hydrogen-bond donors (Lipinski definition) is 3. The third-order valence-corrected chi connectivity index (χ3v) is 3.81. The number of halogens is 2. The maximum absolute atomic E-state index is 13.0. The average Bonchev–Trinajstić information content (AvgIpc) is 2.70. The summed E-state index contributed by atoms with van der Waals surface area (Å²) in [6, 6.07) is 4.65. The van der Waals surface area contributed by atoms with Crippen molar-refractivity contribution in [3.05, 3.63) is 34.1 Å². The van der Waals surface area contributed by atoms with Gasteiger partial charge in [-0.25, -0.2) is 4.39 Å². The van der Waals surface area contributed by atoms with Crippen LogP contribution in [-0.2, 0) is 6.54 Å². The van der Waals surface area contributed by atoms with Gasteiger partial charge in [-0.2, -0.15) is 0 Å². The Labute approximate surface area is 109 Å². The van der Waals surface area contributed by atoms with Gasteiger partial charge in [0.25, 0.3) is 0 Å². The second-order valence-electron chi connectivity index (χ2n) is 4.35. The fourth-order valence-corrected chi connectivity index (χ4v) is 2.39. The molecule has 0 aliphatic carbocycles. The molecule has 1 aliphatic rings. The van der Waals surface area contributed by atoms with Gasteiger partial charge in [0.15, 0.2) is 0 Å². The fourth-order valence-electron chi connectivity index (χ4n) is 2.00. The van der Waals surface area contributed by atoms with Crippen LogP contribution in [-0.4, -0.2) is 30.8 Å². The van der Waals surface area contributed by atoms with Crippen LogP contribution < -0.4 is 10.6 Å². The first kappa shape index (κ1) is 13.0. The van der Waals surface area contributed by atoms with Crippen molar-refractivity contribution in [2.45, 2.75) is 12.6 Å². The largest absolute Gasteiger partial charge is 0.391 e. The van der Waals surface area contributed by atoms with Gasteiger partial charge in [0.1, 0.15) is 5.82 Å². The first-order valence-corrected chi connectivity index (χ1v) is 6.49.